The first kappa shape index (κ1) is 28.6. The molecule has 35 heavy (non-hydrogen) atoms. The number of halogens is 4. The average molecular weight is 564 g/mol. The van der Waals surface area contributed by atoms with Gasteiger partial charge in [-0.05, 0) is 59.1 Å². The van der Waals surface area contributed by atoms with Crippen LogP contribution in [0.3, 0.4) is 0 Å². The van der Waals surface area contributed by atoms with Crippen LogP contribution in [0.1, 0.15) is 57.2 Å². The fourth-order valence-corrected chi connectivity index (χ4v) is 4.01. The smallest absolute Gasteiger partial charge is 0.417 e. The average Bonchev–Trinajstić information content (AvgIpc) is 3.21. The monoisotopic (exact) mass is 563 g/mol. The molecule has 2 unspecified atom stereocenters. The highest BCUT2D eigenvalue weighted by Crippen LogP contribution is 2.38. The topological polar surface area (TPSA) is 111 Å². The molecule has 1 aliphatic heterocycles. The number of nitrogen functional groups attached to an aromatic ring is 1. The molecule has 1 saturated heterocycles. The van der Waals surface area contributed by atoms with Crippen molar-refractivity contribution < 1.29 is 37.0 Å². The van der Waals surface area contributed by atoms with Gasteiger partial charge in [0.2, 0.25) is 6.04 Å². The van der Waals surface area contributed by atoms with Gasteiger partial charge in [-0.15, -0.1) is 0 Å². The van der Waals surface area contributed by atoms with E-state index in [0.717, 1.165) is 12.3 Å². The highest BCUT2D eigenvalue weighted by atomic mass is 79.9. The molecule has 2 N–H and O–H groups in total. The predicted octanol–water partition coefficient (Wildman–Crippen LogP) is 4.68. The van der Waals surface area contributed by atoms with E-state index in [1.165, 1.54) is 18.7 Å². The maximum absolute atomic E-state index is 13.7. The van der Waals surface area contributed by atoms with E-state index in [-0.39, 0.29) is 29.7 Å². The summed E-state index contributed by atoms with van der Waals surface area (Å²) >= 11 is 3.05. The number of hydrogen-bond acceptors (Lipinski definition) is 7. The lowest BCUT2D eigenvalue weighted by Crippen LogP contribution is -2.48. The largest absolute Gasteiger partial charge is 0.464 e. The van der Waals surface area contributed by atoms with Crippen molar-refractivity contribution in [2.75, 3.05) is 18.9 Å². The number of anilines is 1. The van der Waals surface area contributed by atoms with Gasteiger partial charge in [0.25, 0.3) is 0 Å². The van der Waals surface area contributed by atoms with Gasteiger partial charge in [0.05, 0.1) is 18.2 Å². The van der Waals surface area contributed by atoms with E-state index < -0.39 is 52.8 Å². The van der Waals surface area contributed by atoms with Crippen molar-refractivity contribution in [3.05, 3.63) is 27.2 Å². The number of carbonyl (C=O) groups excluding carboxylic acids is 3. The summed E-state index contributed by atoms with van der Waals surface area (Å²) in [5.74, 6) is -1.81. The van der Waals surface area contributed by atoms with Gasteiger partial charge in [-0.3, -0.25) is 14.7 Å². The van der Waals surface area contributed by atoms with Gasteiger partial charge >= 0.3 is 18.2 Å². The lowest BCUT2D eigenvalue weighted by atomic mass is 10.0. The third-order valence-electron chi connectivity index (χ3n) is 5.26. The van der Waals surface area contributed by atoms with Crippen molar-refractivity contribution in [3.63, 3.8) is 0 Å². The Hall–Kier alpha value is -2.63. The number of carbonyl (C=O) groups is 3. The SMILES string of the molecule is CCOC(=O)C(N=Cc1c(C(F)(F)F)cc(Br)c(C)c1N)C(=O)C1CCCN1C(=O)OC(C)(C)C. The van der Waals surface area contributed by atoms with E-state index in [0.29, 0.717) is 12.0 Å². The van der Waals surface area contributed by atoms with E-state index in [2.05, 4.69) is 20.9 Å². The Bertz CT molecular complexity index is 1020. The number of ether oxygens (including phenoxy) is 2. The fraction of sp³-hybridized carbons (Fsp3) is 0.565. The van der Waals surface area contributed by atoms with Crippen molar-refractivity contribution in [1.29, 1.82) is 0 Å². The maximum Gasteiger partial charge on any atom is 0.417 e. The van der Waals surface area contributed by atoms with Crippen molar-refractivity contribution >= 4 is 45.7 Å². The third-order valence-corrected chi connectivity index (χ3v) is 6.08. The first-order chi connectivity index (χ1) is 16.1. The minimum absolute atomic E-state index is 0.0775. The zero-order valence-electron chi connectivity index (χ0n) is 20.2. The van der Waals surface area contributed by atoms with Crippen molar-refractivity contribution in [2.24, 2.45) is 4.99 Å². The summed E-state index contributed by atoms with van der Waals surface area (Å²) in [4.78, 5) is 43.6. The number of Topliss-reactive ketones (excluding diaryl/α,β-unsaturated/α-hetero) is 1. The number of esters is 1. The second-order valence-corrected chi connectivity index (χ2v) is 9.88. The Labute approximate surface area is 210 Å². The van der Waals surface area contributed by atoms with Crippen molar-refractivity contribution in [1.82, 2.24) is 4.90 Å². The second-order valence-electron chi connectivity index (χ2n) is 9.02. The Balaban J connectivity index is 2.48. The molecule has 1 fully saturated rings. The van der Waals surface area contributed by atoms with Gasteiger partial charge in [-0.2, -0.15) is 13.2 Å². The van der Waals surface area contributed by atoms with Crippen molar-refractivity contribution in [2.45, 2.75) is 71.3 Å². The van der Waals surface area contributed by atoms with E-state index in [1.54, 1.807) is 20.8 Å². The molecule has 0 radical (unpaired) electrons. The van der Waals surface area contributed by atoms with Gasteiger partial charge in [-0.25, -0.2) is 9.59 Å². The molecule has 1 aromatic rings. The van der Waals surface area contributed by atoms with Crippen LogP contribution in [0.5, 0.6) is 0 Å². The minimum atomic E-state index is -4.77. The molecule has 0 aromatic heterocycles. The quantitative estimate of drug-likeness (QED) is 0.233. The molecule has 1 heterocycles. The lowest BCUT2D eigenvalue weighted by Gasteiger charge is -2.28. The van der Waals surface area contributed by atoms with Crippen LogP contribution in [0.25, 0.3) is 0 Å². The lowest BCUT2D eigenvalue weighted by molar-refractivity contribution is -0.148. The van der Waals surface area contributed by atoms with Crippen LogP contribution in [0.2, 0.25) is 0 Å². The molecule has 0 aliphatic carbocycles. The highest BCUT2D eigenvalue weighted by Gasteiger charge is 2.42. The van der Waals surface area contributed by atoms with Gasteiger partial charge in [0.15, 0.2) is 5.78 Å². The molecule has 194 valence electrons. The van der Waals surface area contributed by atoms with Crippen LogP contribution in [0.15, 0.2) is 15.5 Å². The molecule has 1 aromatic carbocycles. The van der Waals surface area contributed by atoms with Crippen LogP contribution in [0.4, 0.5) is 23.7 Å². The van der Waals surface area contributed by atoms with E-state index in [9.17, 15) is 27.6 Å². The molecule has 0 spiro atoms. The second kappa shape index (κ2) is 11.0. The van der Waals surface area contributed by atoms with Gasteiger partial charge in [0.1, 0.15) is 5.60 Å². The van der Waals surface area contributed by atoms with Gasteiger partial charge < -0.3 is 15.2 Å². The number of rotatable bonds is 6. The molecule has 2 rings (SSSR count). The predicted molar refractivity (Wildman–Crippen MR) is 127 cm³/mol. The Morgan fingerprint density at radius 1 is 1.31 bits per heavy atom. The van der Waals surface area contributed by atoms with E-state index in [1.807, 2.05) is 0 Å². The standard InChI is InChI=1S/C23H29BrF3N3O5/c1-6-34-20(32)18(19(31)16-8-7-9-30(16)21(33)35-22(3,4)5)29-11-13-14(23(25,26)27)10-15(24)12(2)17(13)28/h10-11,16,18H,6-9,28H2,1-5H3. The molecular formula is C23H29BrF3N3O5. The molecule has 12 heteroatoms. The fourth-order valence-electron chi connectivity index (χ4n) is 3.57. The summed E-state index contributed by atoms with van der Waals surface area (Å²) in [6.45, 7) is 8.20. The first-order valence-electron chi connectivity index (χ1n) is 11.0. The summed E-state index contributed by atoms with van der Waals surface area (Å²) in [6, 6.07) is -1.97. The number of likely N-dealkylation sites (tertiary alicyclic amines) is 1. The van der Waals surface area contributed by atoms with Crippen LogP contribution >= 0.6 is 15.9 Å². The molecule has 2 atom stereocenters. The summed E-state index contributed by atoms with van der Waals surface area (Å²) in [6.07, 6.45) is -4.01. The number of ketones is 1. The number of benzene rings is 1. The molecule has 1 amide bonds. The summed E-state index contributed by atoms with van der Waals surface area (Å²) in [5.41, 5.74) is 3.69. The van der Waals surface area contributed by atoms with Crippen LogP contribution in [-0.4, -0.2) is 59.8 Å². The van der Waals surface area contributed by atoms with Crippen LogP contribution in [0, 0.1) is 6.92 Å². The number of nitrogens with zero attached hydrogens (tertiary/aromatic N) is 2. The number of alkyl halides is 3. The third kappa shape index (κ3) is 6.96. The zero-order chi connectivity index (χ0) is 26.7. The van der Waals surface area contributed by atoms with Crippen LogP contribution < -0.4 is 5.73 Å². The Morgan fingerprint density at radius 3 is 2.49 bits per heavy atom. The summed E-state index contributed by atoms with van der Waals surface area (Å²) < 4.78 is 51.5. The van der Waals surface area contributed by atoms with Gasteiger partial charge in [-0.1, -0.05) is 15.9 Å². The van der Waals surface area contributed by atoms with Crippen LogP contribution in [-0.2, 0) is 25.2 Å². The van der Waals surface area contributed by atoms with E-state index >= 15 is 0 Å². The normalized spacial score (nSPS) is 17.5. The number of nitrogens with two attached hydrogens (primary N) is 1. The maximum atomic E-state index is 13.7. The minimum Gasteiger partial charge on any atom is -0.464 e. The first-order valence-corrected chi connectivity index (χ1v) is 11.8. The van der Waals surface area contributed by atoms with E-state index in [4.69, 9.17) is 15.2 Å². The summed E-state index contributed by atoms with van der Waals surface area (Å²) in [5, 5.41) is 0. The van der Waals surface area contributed by atoms with Crippen molar-refractivity contribution in [3.8, 4) is 0 Å². The summed E-state index contributed by atoms with van der Waals surface area (Å²) in [7, 11) is 0. The highest BCUT2D eigenvalue weighted by molar-refractivity contribution is 9.10. The Kier molecular flexibility index (Phi) is 8.96. The molecule has 8 nitrogen and oxygen atoms in total. The van der Waals surface area contributed by atoms with Gasteiger partial charge in [0, 0.05) is 28.5 Å². The zero-order valence-corrected chi connectivity index (χ0v) is 21.7. The Morgan fingerprint density at radius 2 is 1.94 bits per heavy atom. The number of hydrogen-bond donors (Lipinski definition) is 1. The number of amides is 1. The molecular weight excluding hydrogens is 535 g/mol. The molecule has 0 saturated carbocycles. The molecule has 0 bridgehead atoms. The molecule has 1 aliphatic rings. The number of aliphatic imine (C=N–C) groups is 1.